The summed E-state index contributed by atoms with van der Waals surface area (Å²) < 4.78 is 0. The smallest absolute Gasteiger partial charge is 0.257 e. The molecule has 1 aromatic rings. The van der Waals surface area contributed by atoms with E-state index in [-0.39, 0.29) is 5.91 Å². The highest BCUT2D eigenvalue weighted by molar-refractivity contribution is 5.98. The van der Waals surface area contributed by atoms with E-state index >= 15 is 0 Å². The topological polar surface area (TPSA) is 62.5 Å². The van der Waals surface area contributed by atoms with E-state index in [1.165, 1.54) is 0 Å². The van der Waals surface area contributed by atoms with Gasteiger partial charge in [-0.1, -0.05) is 6.92 Å². The molecule has 2 N–H and O–H groups in total. The van der Waals surface area contributed by atoms with Crippen molar-refractivity contribution < 1.29 is 4.79 Å². The fourth-order valence-electron chi connectivity index (χ4n) is 2.34. The monoisotopic (exact) mass is 248 g/mol. The van der Waals surface area contributed by atoms with Gasteiger partial charge in [0.25, 0.3) is 5.91 Å². The van der Waals surface area contributed by atoms with Gasteiger partial charge >= 0.3 is 0 Å². The maximum absolute atomic E-state index is 12.4. The number of nitrogens with zero attached hydrogens (tertiary/aromatic N) is 3. The second-order valence-electron chi connectivity index (χ2n) is 4.73. The van der Waals surface area contributed by atoms with E-state index < -0.39 is 0 Å². The first kappa shape index (κ1) is 12.8. The van der Waals surface area contributed by atoms with Gasteiger partial charge in [0, 0.05) is 31.9 Å². The number of aromatic nitrogens is 1. The van der Waals surface area contributed by atoms with E-state index in [1.54, 1.807) is 18.3 Å². The second-order valence-corrected chi connectivity index (χ2v) is 4.73. The van der Waals surface area contributed by atoms with Crippen LogP contribution in [-0.2, 0) is 0 Å². The minimum atomic E-state index is -0.00727. The van der Waals surface area contributed by atoms with Crippen LogP contribution in [0.15, 0.2) is 18.3 Å². The van der Waals surface area contributed by atoms with Crippen molar-refractivity contribution in [3.63, 3.8) is 0 Å². The molecule has 0 aromatic carbocycles. The molecule has 2 rings (SSSR count). The molecule has 1 aliphatic rings. The van der Waals surface area contributed by atoms with Crippen LogP contribution < -0.4 is 5.73 Å². The Labute approximate surface area is 108 Å². The standard InChI is InChI=1S/C13H20N4O/c1-3-10-9-17(8-7-16(10)2)13(18)11-5-4-6-15-12(11)14/h4-6,10H,3,7-9H2,1-2H3,(H2,14,15). The third-order valence-electron chi connectivity index (χ3n) is 3.60. The number of hydrogen-bond donors (Lipinski definition) is 1. The summed E-state index contributed by atoms with van der Waals surface area (Å²) in [5, 5.41) is 0. The van der Waals surface area contributed by atoms with Crippen LogP contribution in [0.3, 0.4) is 0 Å². The van der Waals surface area contributed by atoms with E-state index in [1.807, 2.05) is 4.90 Å². The summed E-state index contributed by atoms with van der Waals surface area (Å²) in [5.74, 6) is 0.307. The van der Waals surface area contributed by atoms with Gasteiger partial charge in [-0.05, 0) is 25.6 Å². The summed E-state index contributed by atoms with van der Waals surface area (Å²) in [7, 11) is 2.11. The molecule has 98 valence electrons. The third-order valence-corrected chi connectivity index (χ3v) is 3.60. The number of amides is 1. The number of pyridine rings is 1. The van der Waals surface area contributed by atoms with Crippen LogP contribution in [0.25, 0.3) is 0 Å². The highest BCUT2D eigenvalue weighted by Gasteiger charge is 2.27. The predicted molar refractivity (Wildman–Crippen MR) is 71.3 cm³/mol. The van der Waals surface area contributed by atoms with E-state index in [2.05, 4.69) is 23.9 Å². The number of nitrogens with two attached hydrogens (primary N) is 1. The maximum Gasteiger partial charge on any atom is 0.257 e. The van der Waals surface area contributed by atoms with Gasteiger partial charge in [0.15, 0.2) is 0 Å². The number of anilines is 1. The quantitative estimate of drug-likeness (QED) is 0.842. The lowest BCUT2D eigenvalue weighted by molar-refractivity contribution is 0.0542. The van der Waals surface area contributed by atoms with Gasteiger partial charge in [-0.2, -0.15) is 0 Å². The average Bonchev–Trinajstić information content (AvgIpc) is 2.39. The van der Waals surface area contributed by atoms with Crippen LogP contribution in [0, 0.1) is 0 Å². The number of carbonyl (C=O) groups is 1. The molecule has 2 heterocycles. The minimum Gasteiger partial charge on any atom is -0.383 e. The molecule has 1 unspecified atom stereocenters. The average molecular weight is 248 g/mol. The summed E-state index contributed by atoms with van der Waals surface area (Å²) in [5.41, 5.74) is 6.26. The summed E-state index contributed by atoms with van der Waals surface area (Å²) in [4.78, 5) is 20.5. The second kappa shape index (κ2) is 5.35. The molecular weight excluding hydrogens is 228 g/mol. The molecule has 0 saturated carbocycles. The van der Waals surface area contributed by atoms with Gasteiger partial charge in [0.2, 0.25) is 0 Å². The van der Waals surface area contributed by atoms with Crippen LogP contribution in [0.2, 0.25) is 0 Å². The number of likely N-dealkylation sites (N-methyl/N-ethyl adjacent to an activating group) is 1. The number of carbonyl (C=O) groups excluding carboxylic acids is 1. The molecule has 0 radical (unpaired) electrons. The Morgan fingerprint density at radius 3 is 3.00 bits per heavy atom. The lowest BCUT2D eigenvalue weighted by atomic mass is 10.1. The molecule has 1 aromatic heterocycles. The molecule has 18 heavy (non-hydrogen) atoms. The zero-order valence-corrected chi connectivity index (χ0v) is 11.0. The van der Waals surface area contributed by atoms with E-state index in [0.717, 1.165) is 26.1 Å². The van der Waals surface area contributed by atoms with Crippen molar-refractivity contribution in [3.8, 4) is 0 Å². The van der Waals surface area contributed by atoms with Crippen LogP contribution in [0.5, 0.6) is 0 Å². The Morgan fingerprint density at radius 2 is 2.33 bits per heavy atom. The molecule has 0 spiro atoms. The SMILES string of the molecule is CCC1CN(C(=O)c2cccnc2N)CCN1C. The molecule has 1 atom stereocenters. The first-order valence-electron chi connectivity index (χ1n) is 6.33. The fourth-order valence-corrected chi connectivity index (χ4v) is 2.34. The van der Waals surface area contributed by atoms with Crippen LogP contribution in [0.4, 0.5) is 5.82 Å². The molecule has 1 fully saturated rings. The fraction of sp³-hybridized carbons (Fsp3) is 0.538. The molecule has 1 amide bonds. The lowest BCUT2D eigenvalue weighted by Crippen LogP contribution is -2.53. The number of nitrogen functional groups attached to an aromatic ring is 1. The van der Waals surface area contributed by atoms with Gasteiger partial charge < -0.3 is 10.6 Å². The number of rotatable bonds is 2. The van der Waals surface area contributed by atoms with Crippen molar-refractivity contribution >= 4 is 11.7 Å². The van der Waals surface area contributed by atoms with E-state index in [4.69, 9.17) is 5.73 Å². The highest BCUT2D eigenvalue weighted by atomic mass is 16.2. The Hall–Kier alpha value is -1.62. The maximum atomic E-state index is 12.4. The Balaban J connectivity index is 2.13. The van der Waals surface area contributed by atoms with Crippen molar-refractivity contribution in [1.82, 2.24) is 14.8 Å². The zero-order valence-electron chi connectivity index (χ0n) is 11.0. The highest BCUT2D eigenvalue weighted by Crippen LogP contribution is 2.16. The first-order chi connectivity index (χ1) is 8.63. The summed E-state index contributed by atoms with van der Waals surface area (Å²) >= 11 is 0. The first-order valence-corrected chi connectivity index (χ1v) is 6.33. The third kappa shape index (κ3) is 2.46. The van der Waals surface area contributed by atoms with Crippen LogP contribution >= 0.6 is 0 Å². The van der Waals surface area contributed by atoms with Crippen molar-refractivity contribution in [3.05, 3.63) is 23.9 Å². The molecule has 0 bridgehead atoms. The minimum absolute atomic E-state index is 0.00727. The molecule has 5 heteroatoms. The van der Waals surface area contributed by atoms with E-state index in [9.17, 15) is 4.79 Å². The Bertz CT molecular complexity index is 435. The Kier molecular flexibility index (Phi) is 3.81. The van der Waals surface area contributed by atoms with Crippen molar-refractivity contribution in [2.75, 3.05) is 32.4 Å². The molecular formula is C13H20N4O. The van der Waals surface area contributed by atoms with Crippen molar-refractivity contribution in [2.24, 2.45) is 0 Å². The molecule has 5 nitrogen and oxygen atoms in total. The van der Waals surface area contributed by atoms with E-state index in [0.29, 0.717) is 17.4 Å². The molecule has 1 aliphatic heterocycles. The summed E-state index contributed by atoms with van der Waals surface area (Å²) in [6.45, 7) is 4.57. The normalized spacial score (nSPS) is 21.0. The predicted octanol–water partition coefficient (Wildman–Crippen LogP) is 0.830. The number of hydrogen-bond acceptors (Lipinski definition) is 4. The van der Waals surface area contributed by atoms with Gasteiger partial charge in [0.1, 0.15) is 5.82 Å². The summed E-state index contributed by atoms with van der Waals surface area (Å²) in [6.07, 6.45) is 2.65. The number of piperazine rings is 1. The van der Waals surface area contributed by atoms with Crippen LogP contribution in [0.1, 0.15) is 23.7 Å². The van der Waals surface area contributed by atoms with Gasteiger partial charge in [0.05, 0.1) is 5.56 Å². The Morgan fingerprint density at radius 1 is 1.56 bits per heavy atom. The van der Waals surface area contributed by atoms with Gasteiger partial charge in [-0.25, -0.2) is 4.98 Å². The van der Waals surface area contributed by atoms with Gasteiger partial charge in [-0.3, -0.25) is 9.69 Å². The van der Waals surface area contributed by atoms with Crippen molar-refractivity contribution in [2.45, 2.75) is 19.4 Å². The zero-order chi connectivity index (χ0) is 13.1. The van der Waals surface area contributed by atoms with Crippen molar-refractivity contribution in [1.29, 1.82) is 0 Å². The summed E-state index contributed by atoms with van der Waals surface area (Å²) in [6, 6.07) is 3.92. The van der Waals surface area contributed by atoms with Crippen LogP contribution in [-0.4, -0.2) is 53.4 Å². The molecule has 1 saturated heterocycles. The largest absolute Gasteiger partial charge is 0.383 e. The van der Waals surface area contributed by atoms with Gasteiger partial charge in [-0.15, -0.1) is 0 Å². The molecule has 0 aliphatic carbocycles. The lowest BCUT2D eigenvalue weighted by Gasteiger charge is -2.39.